The van der Waals surface area contributed by atoms with Crippen LogP contribution < -0.4 is 10.1 Å². The highest BCUT2D eigenvalue weighted by atomic mass is 16.5. The minimum absolute atomic E-state index is 0.0291. The van der Waals surface area contributed by atoms with Gasteiger partial charge >= 0.3 is 0 Å². The second-order valence-electron chi connectivity index (χ2n) is 6.84. The van der Waals surface area contributed by atoms with E-state index in [1.165, 1.54) is 25.3 Å². The number of allylic oxidation sites excluding steroid dienone is 1. The molecule has 2 aromatic rings. The number of hydrogen-bond donors (Lipinski definition) is 3. The largest absolute Gasteiger partial charge is 0.508 e. The number of carbonyl (C=O) groups excluding carboxylic acids is 2. The molecule has 0 unspecified atom stereocenters. The van der Waals surface area contributed by atoms with Gasteiger partial charge in [-0.15, -0.1) is 0 Å². The zero-order chi connectivity index (χ0) is 20.8. The number of ether oxygens (including phenoxy) is 1. The van der Waals surface area contributed by atoms with Gasteiger partial charge in [0.15, 0.2) is 17.3 Å². The van der Waals surface area contributed by atoms with Gasteiger partial charge in [-0.3, -0.25) is 9.59 Å². The summed E-state index contributed by atoms with van der Waals surface area (Å²) in [7, 11) is 1.45. The lowest BCUT2D eigenvalue weighted by molar-refractivity contribution is -0.122. The van der Waals surface area contributed by atoms with E-state index in [9.17, 15) is 19.8 Å². The fraction of sp³-hybridized carbons (Fsp3) is 0.273. The number of phenolic OH excluding ortho intramolecular Hbond substituents is 2. The van der Waals surface area contributed by atoms with E-state index >= 15 is 0 Å². The Hall–Kier alpha value is -3.28. The zero-order valence-electron chi connectivity index (χ0n) is 16.4. The third kappa shape index (κ3) is 5.36. The number of phenols is 2. The number of benzene rings is 2. The number of methoxy groups -OCH3 is 1. The van der Waals surface area contributed by atoms with Crippen LogP contribution in [0, 0.1) is 6.92 Å². The van der Waals surface area contributed by atoms with E-state index < -0.39 is 5.91 Å². The molecule has 0 saturated carbocycles. The van der Waals surface area contributed by atoms with Gasteiger partial charge in [-0.1, -0.05) is 26.0 Å². The third-order valence-corrected chi connectivity index (χ3v) is 4.27. The van der Waals surface area contributed by atoms with Crippen molar-refractivity contribution < 1.29 is 24.5 Å². The summed E-state index contributed by atoms with van der Waals surface area (Å²) in [4.78, 5) is 24.3. The maximum atomic E-state index is 12.2. The standard InChI is InChI=1S/C22H25NO5/c1-13(2)17-12-18(14(3)9-19(17)25)23-22(27)11-16(24)7-5-15-6-8-21(28-4)20(26)10-15/h5-10,12-13,25-26H,11H2,1-4H3,(H,23,27)/b7-5+. The molecule has 0 saturated heterocycles. The summed E-state index contributed by atoms with van der Waals surface area (Å²) < 4.78 is 4.97. The molecule has 6 nitrogen and oxygen atoms in total. The van der Waals surface area contributed by atoms with E-state index in [1.807, 2.05) is 13.8 Å². The lowest BCUT2D eigenvalue weighted by Crippen LogP contribution is -2.16. The molecule has 0 radical (unpaired) electrons. The Morgan fingerprint density at radius 2 is 1.86 bits per heavy atom. The van der Waals surface area contributed by atoms with Crippen LogP contribution in [0.25, 0.3) is 6.08 Å². The van der Waals surface area contributed by atoms with Crippen molar-refractivity contribution >= 4 is 23.5 Å². The Morgan fingerprint density at radius 3 is 2.46 bits per heavy atom. The van der Waals surface area contributed by atoms with Gasteiger partial charge in [-0.2, -0.15) is 0 Å². The van der Waals surface area contributed by atoms with Crippen molar-refractivity contribution in [1.82, 2.24) is 0 Å². The quantitative estimate of drug-likeness (QED) is 0.379. The first-order valence-electron chi connectivity index (χ1n) is 8.92. The molecule has 0 aromatic heterocycles. The molecule has 0 heterocycles. The lowest BCUT2D eigenvalue weighted by atomic mass is 9.99. The van der Waals surface area contributed by atoms with Gasteiger partial charge in [0.05, 0.1) is 13.5 Å². The van der Waals surface area contributed by atoms with Crippen LogP contribution in [0.4, 0.5) is 5.69 Å². The first-order chi connectivity index (χ1) is 13.2. The number of nitrogens with one attached hydrogen (secondary N) is 1. The van der Waals surface area contributed by atoms with Crippen LogP contribution in [0.3, 0.4) is 0 Å². The molecule has 0 atom stereocenters. The monoisotopic (exact) mass is 383 g/mol. The molecule has 2 aromatic carbocycles. The Bertz CT molecular complexity index is 915. The molecule has 2 rings (SSSR count). The van der Waals surface area contributed by atoms with Crippen molar-refractivity contribution in [2.45, 2.75) is 33.1 Å². The van der Waals surface area contributed by atoms with Gasteiger partial charge < -0.3 is 20.3 Å². The molecule has 28 heavy (non-hydrogen) atoms. The first kappa shape index (κ1) is 21.0. The van der Waals surface area contributed by atoms with Crippen molar-refractivity contribution in [3.05, 3.63) is 53.1 Å². The highest BCUT2D eigenvalue weighted by Gasteiger charge is 2.13. The van der Waals surface area contributed by atoms with Crippen molar-refractivity contribution in [2.24, 2.45) is 0 Å². The average Bonchev–Trinajstić information content (AvgIpc) is 2.62. The minimum atomic E-state index is -0.435. The topological polar surface area (TPSA) is 95.9 Å². The Morgan fingerprint density at radius 1 is 1.14 bits per heavy atom. The molecule has 6 heteroatoms. The molecule has 0 spiro atoms. The number of aryl methyl sites for hydroxylation is 1. The zero-order valence-corrected chi connectivity index (χ0v) is 16.4. The number of rotatable bonds is 7. The summed E-state index contributed by atoms with van der Waals surface area (Å²) in [6, 6.07) is 8.08. The molecule has 1 amide bonds. The van der Waals surface area contributed by atoms with Crippen molar-refractivity contribution in [1.29, 1.82) is 0 Å². The number of amides is 1. The van der Waals surface area contributed by atoms with Gasteiger partial charge in [-0.25, -0.2) is 0 Å². The van der Waals surface area contributed by atoms with Gasteiger partial charge in [0.1, 0.15) is 5.75 Å². The van der Waals surface area contributed by atoms with Gasteiger partial charge in [0.25, 0.3) is 0 Å². The molecule has 0 aliphatic rings. The Labute approximate surface area is 164 Å². The van der Waals surface area contributed by atoms with Crippen LogP contribution in [0.2, 0.25) is 0 Å². The number of hydrogen-bond acceptors (Lipinski definition) is 5. The van der Waals surface area contributed by atoms with Gasteiger partial charge in [0, 0.05) is 5.69 Å². The van der Waals surface area contributed by atoms with Crippen molar-refractivity contribution in [3.63, 3.8) is 0 Å². The number of aromatic hydroxyl groups is 2. The molecule has 148 valence electrons. The second-order valence-corrected chi connectivity index (χ2v) is 6.84. The number of carbonyl (C=O) groups is 2. The molecule has 0 aliphatic heterocycles. The van der Waals surface area contributed by atoms with Gasteiger partial charge in [-0.05, 0) is 59.9 Å². The molecule has 0 bridgehead atoms. The van der Waals surface area contributed by atoms with Crippen molar-refractivity contribution in [2.75, 3.05) is 12.4 Å². The van der Waals surface area contributed by atoms with Crippen LogP contribution in [0.1, 0.15) is 42.9 Å². The third-order valence-electron chi connectivity index (χ3n) is 4.27. The smallest absolute Gasteiger partial charge is 0.232 e. The molecular formula is C22H25NO5. The molecule has 0 aliphatic carbocycles. The maximum Gasteiger partial charge on any atom is 0.232 e. The summed E-state index contributed by atoms with van der Waals surface area (Å²) in [6.07, 6.45) is 2.51. The number of anilines is 1. The van der Waals surface area contributed by atoms with E-state index in [1.54, 1.807) is 31.2 Å². The second kappa shape index (κ2) is 9.08. The fourth-order valence-corrected chi connectivity index (χ4v) is 2.72. The summed E-state index contributed by atoms with van der Waals surface area (Å²) in [6.45, 7) is 5.67. The molecule has 3 N–H and O–H groups in total. The fourth-order valence-electron chi connectivity index (χ4n) is 2.72. The number of ketones is 1. The normalized spacial score (nSPS) is 11.0. The van der Waals surface area contributed by atoms with E-state index in [0.717, 1.165) is 5.56 Å². The molecular weight excluding hydrogens is 358 g/mol. The Balaban J connectivity index is 2.02. The summed E-state index contributed by atoms with van der Waals surface area (Å²) in [5.74, 6) is -0.204. The van der Waals surface area contributed by atoms with E-state index in [-0.39, 0.29) is 29.6 Å². The van der Waals surface area contributed by atoms with Crippen LogP contribution in [-0.2, 0) is 9.59 Å². The van der Waals surface area contributed by atoms with Crippen LogP contribution in [0.15, 0.2) is 36.4 Å². The highest BCUT2D eigenvalue weighted by molar-refractivity contribution is 6.09. The predicted molar refractivity (Wildman–Crippen MR) is 109 cm³/mol. The Kier molecular flexibility index (Phi) is 6.82. The summed E-state index contributed by atoms with van der Waals surface area (Å²) >= 11 is 0. The van der Waals surface area contributed by atoms with Crippen LogP contribution in [-0.4, -0.2) is 29.0 Å². The lowest BCUT2D eigenvalue weighted by Gasteiger charge is -2.14. The predicted octanol–water partition coefficient (Wildman–Crippen LogP) is 4.15. The summed E-state index contributed by atoms with van der Waals surface area (Å²) in [5.41, 5.74) is 2.63. The summed E-state index contributed by atoms with van der Waals surface area (Å²) in [5, 5.41) is 22.5. The van der Waals surface area contributed by atoms with Crippen LogP contribution >= 0.6 is 0 Å². The average molecular weight is 383 g/mol. The minimum Gasteiger partial charge on any atom is -0.508 e. The van der Waals surface area contributed by atoms with E-state index in [2.05, 4.69) is 5.32 Å². The molecule has 0 fully saturated rings. The SMILES string of the molecule is COc1ccc(/C=C/C(=O)CC(=O)Nc2cc(C(C)C)c(O)cc2C)cc1O. The van der Waals surface area contributed by atoms with Crippen LogP contribution in [0.5, 0.6) is 17.2 Å². The highest BCUT2D eigenvalue weighted by Crippen LogP contribution is 2.31. The van der Waals surface area contributed by atoms with Gasteiger partial charge in [0.2, 0.25) is 5.91 Å². The first-order valence-corrected chi connectivity index (χ1v) is 8.92. The maximum absolute atomic E-state index is 12.2. The van der Waals surface area contributed by atoms with Crippen molar-refractivity contribution in [3.8, 4) is 17.2 Å². The van der Waals surface area contributed by atoms with E-state index in [4.69, 9.17) is 4.74 Å². The van der Waals surface area contributed by atoms with E-state index in [0.29, 0.717) is 22.6 Å².